The maximum Gasteiger partial charge on any atom is 0.439 e. The minimum absolute atomic E-state index is 0.0153. The predicted molar refractivity (Wildman–Crippen MR) is 151 cm³/mol. The van der Waals surface area contributed by atoms with E-state index in [0.29, 0.717) is 23.3 Å². The van der Waals surface area contributed by atoms with Gasteiger partial charge in [0.25, 0.3) is 0 Å². The van der Waals surface area contributed by atoms with Crippen LogP contribution in [0.1, 0.15) is 83.5 Å². The molecule has 14 nitrogen and oxygen atoms in total. The van der Waals surface area contributed by atoms with Crippen molar-refractivity contribution in [2.75, 3.05) is 16.8 Å². The lowest BCUT2D eigenvalue weighted by Gasteiger charge is -2.33. The molecular weight excluding hydrogens is 524 g/mol. The molecule has 4 aromatic heterocycles. The van der Waals surface area contributed by atoms with Gasteiger partial charge in [0.2, 0.25) is 17.6 Å². The topological polar surface area (TPSA) is 161 Å². The highest BCUT2D eigenvalue weighted by Crippen LogP contribution is 2.40. The summed E-state index contributed by atoms with van der Waals surface area (Å²) >= 11 is 0. The van der Waals surface area contributed by atoms with E-state index < -0.39 is 5.76 Å². The summed E-state index contributed by atoms with van der Waals surface area (Å²) in [4.78, 5) is 31.6. The largest absolute Gasteiger partial charge is 0.439 e. The van der Waals surface area contributed by atoms with Crippen LogP contribution in [0.5, 0.6) is 0 Å². The number of hydrogen-bond acceptors (Lipinski definition) is 11. The number of aromatic nitrogens is 10. The van der Waals surface area contributed by atoms with E-state index in [-0.39, 0.29) is 23.7 Å². The molecule has 1 aliphatic heterocycles. The van der Waals surface area contributed by atoms with Crippen molar-refractivity contribution in [2.45, 2.75) is 90.3 Å². The van der Waals surface area contributed by atoms with Crippen LogP contribution >= 0.6 is 0 Å². The molecule has 3 fully saturated rings. The van der Waals surface area contributed by atoms with E-state index in [4.69, 9.17) is 19.5 Å². The molecule has 0 aromatic carbocycles. The average Bonchev–Trinajstić information content (AvgIpc) is 3.71. The van der Waals surface area contributed by atoms with Gasteiger partial charge in [0.05, 0.1) is 6.04 Å². The minimum atomic E-state index is -0.643. The fourth-order valence-corrected chi connectivity index (χ4v) is 6.79. The summed E-state index contributed by atoms with van der Waals surface area (Å²) in [6.07, 6.45) is 10.5. The number of rotatable bonds is 8. The van der Waals surface area contributed by atoms with Gasteiger partial charge in [-0.1, -0.05) is 31.3 Å². The summed E-state index contributed by atoms with van der Waals surface area (Å²) in [5.74, 6) is 4.15. The lowest BCUT2D eigenvalue weighted by molar-refractivity contribution is 0.266. The average molecular weight is 563 g/mol. The van der Waals surface area contributed by atoms with Crippen molar-refractivity contribution in [1.29, 1.82) is 0 Å². The van der Waals surface area contributed by atoms with E-state index in [9.17, 15) is 4.79 Å². The molecule has 2 aliphatic carbocycles. The molecule has 0 bridgehead atoms. The lowest BCUT2D eigenvalue weighted by atomic mass is 9.80. The van der Waals surface area contributed by atoms with E-state index in [1.807, 2.05) is 7.05 Å². The van der Waals surface area contributed by atoms with Crippen LogP contribution in [0, 0.1) is 17.8 Å². The Labute approximate surface area is 237 Å². The number of nitrogens with zero attached hydrogens (tertiary/aromatic N) is 10. The number of aryl methyl sites for hydroxylation is 1. The monoisotopic (exact) mass is 562 g/mol. The summed E-state index contributed by atoms with van der Waals surface area (Å²) in [7, 11) is 1.89. The van der Waals surface area contributed by atoms with Crippen molar-refractivity contribution in [3.8, 4) is 11.6 Å². The molecule has 2 N–H and O–H groups in total. The van der Waals surface area contributed by atoms with Gasteiger partial charge < -0.3 is 14.8 Å². The molecule has 4 aromatic rings. The van der Waals surface area contributed by atoms with Gasteiger partial charge in [-0.25, -0.2) is 19.4 Å². The van der Waals surface area contributed by atoms with Crippen molar-refractivity contribution in [3.05, 3.63) is 16.4 Å². The highest BCUT2D eigenvalue weighted by molar-refractivity contribution is 5.87. The summed E-state index contributed by atoms with van der Waals surface area (Å²) in [6, 6.07) is 0.249. The van der Waals surface area contributed by atoms with E-state index in [1.54, 1.807) is 4.68 Å². The van der Waals surface area contributed by atoms with Gasteiger partial charge in [-0.05, 0) is 73.6 Å². The Bertz CT molecular complexity index is 1570. The number of hydrogen-bond donors (Lipinski definition) is 2. The number of aromatic amines is 1. The minimum Gasteiger partial charge on any atom is -0.365 e. The first-order chi connectivity index (χ1) is 19.9. The number of tetrazole rings is 1. The summed E-state index contributed by atoms with van der Waals surface area (Å²) < 4.78 is 8.88. The number of imidazole rings is 1. The Morgan fingerprint density at radius 3 is 2.59 bits per heavy atom. The molecule has 0 unspecified atom stereocenters. The molecule has 0 spiro atoms. The van der Waals surface area contributed by atoms with Crippen molar-refractivity contribution < 1.29 is 4.52 Å². The quantitative estimate of drug-likeness (QED) is 0.323. The first-order valence-electron chi connectivity index (χ1n) is 15.0. The van der Waals surface area contributed by atoms with Crippen LogP contribution in [-0.2, 0) is 13.6 Å². The zero-order valence-corrected chi connectivity index (χ0v) is 24.0. The smallest absolute Gasteiger partial charge is 0.365 e. The molecule has 3 aliphatic rings. The number of anilines is 2. The molecule has 1 saturated heterocycles. The van der Waals surface area contributed by atoms with Gasteiger partial charge in [-0.15, -0.1) is 5.10 Å². The second-order valence-electron chi connectivity index (χ2n) is 12.3. The van der Waals surface area contributed by atoms with Gasteiger partial charge in [-0.2, -0.15) is 4.98 Å². The highest BCUT2D eigenvalue weighted by atomic mass is 16.5. The van der Waals surface area contributed by atoms with Gasteiger partial charge >= 0.3 is 5.76 Å². The summed E-state index contributed by atoms with van der Waals surface area (Å²) in [6.45, 7) is 6.26. The van der Waals surface area contributed by atoms with Gasteiger partial charge in [0.1, 0.15) is 5.52 Å². The number of fused-ring (bicyclic) bond motifs is 1. The van der Waals surface area contributed by atoms with Gasteiger partial charge in [0, 0.05) is 26.2 Å². The van der Waals surface area contributed by atoms with Crippen LogP contribution in [0.3, 0.4) is 0 Å². The maximum absolute atomic E-state index is 11.8. The van der Waals surface area contributed by atoms with Crippen molar-refractivity contribution in [1.82, 2.24) is 49.9 Å². The third-order valence-electron chi connectivity index (χ3n) is 9.49. The zero-order valence-electron chi connectivity index (χ0n) is 24.0. The third kappa shape index (κ3) is 4.86. The van der Waals surface area contributed by atoms with Crippen LogP contribution < -0.4 is 16.0 Å². The van der Waals surface area contributed by atoms with E-state index >= 15 is 0 Å². The van der Waals surface area contributed by atoms with E-state index in [0.717, 1.165) is 49.1 Å². The number of H-pyrrole nitrogens is 1. The Balaban J connectivity index is 1.37. The summed E-state index contributed by atoms with van der Waals surface area (Å²) in [5, 5.41) is 20.0. The fourth-order valence-electron chi connectivity index (χ4n) is 6.79. The molecule has 218 valence electrons. The van der Waals surface area contributed by atoms with Crippen LogP contribution in [0.2, 0.25) is 0 Å². The molecule has 0 amide bonds. The Hall–Kier alpha value is -3.84. The maximum atomic E-state index is 11.8. The van der Waals surface area contributed by atoms with Crippen LogP contribution in [0.4, 0.5) is 11.8 Å². The normalized spacial score (nSPS) is 24.2. The molecule has 7 rings (SSSR count). The van der Waals surface area contributed by atoms with Crippen LogP contribution in [0.25, 0.3) is 22.8 Å². The van der Waals surface area contributed by atoms with Crippen LogP contribution in [0.15, 0.2) is 9.32 Å². The van der Waals surface area contributed by atoms with Crippen molar-refractivity contribution >= 4 is 22.9 Å². The third-order valence-corrected chi connectivity index (χ3v) is 9.49. The standard InChI is InChI=1S/C27H38N12O2/c1-15-9-11-17(12-10-15)14-39-20-21(28-16(2)18-6-4-7-18)29-23(24-32-27(40)41-34-24)30-22(20)31-26(39)38-13-5-8-19(38)25-33-35-36-37(25)3/h15-19H,4-14H2,1-3H3,(H,28,29,30)(H,32,34,40)/t15-,16-,17-,19+/m1/s1. The molecular formula is C27H38N12O2. The second-order valence-corrected chi connectivity index (χ2v) is 12.3. The zero-order chi connectivity index (χ0) is 28.1. The molecule has 2 atom stereocenters. The molecule has 0 radical (unpaired) electrons. The van der Waals surface area contributed by atoms with E-state index in [2.05, 4.69) is 54.3 Å². The second kappa shape index (κ2) is 10.5. The van der Waals surface area contributed by atoms with Crippen molar-refractivity contribution in [2.24, 2.45) is 24.8 Å². The first-order valence-corrected chi connectivity index (χ1v) is 15.0. The molecule has 5 heterocycles. The summed E-state index contributed by atoms with van der Waals surface area (Å²) in [5.41, 5.74) is 1.46. The predicted octanol–water partition coefficient (Wildman–Crippen LogP) is 3.46. The van der Waals surface area contributed by atoms with Gasteiger partial charge in [-0.3, -0.25) is 9.51 Å². The highest BCUT2D eigenvalue weighted by Gasteiger charge is 2.36. The van der Waals surface area contributed by atoms with Gasteiger partial charge in [0.15, 0.2) is 17.3 Å². The Kier molecular flexibility index (Phi) is 6.70. The lowest BCUT2D eigenvalue weighted by Crippen LogP contribution is -2.32. The molecule has 14 heteroatoms. The Morgan fingerprint density at radius 1 is 1.07 bits per heavy atom. The van der Waals surface area contributed by atoms with Crippen molar-refractivity contribution in [3.63, 3.8) is 0 Å². The Morgan fingerprint density at radius 2 is 1.90 bits per heavy atom. The van der Waals surface area contributed by atoms with E-state index in [1.165, 1.54) is 44.9 Å². The number of nitrogens with one attached hydrogen (secondary N) is 2. The van der Waals surface area contributed by atoms with Crippen LogP contribution in [-0.4, -0.2) is 62.5 Å². The SMILES string of the molecule is C[C@@H](Nc1nc(-c2noc(=O)[nH]2)nc2nc(N3CCC[C@H]3c3nnnn3C)n(C[C@H]3CC[C@H](C)CC3)c12)C1CCC1. The fraction of sp³-hybridized carbons (Fsp3) is 0.704. The first kappa shape index (κ1) is 26.1. The molecule has 41 heavy (non-hydrogen) atoms. The molecule has 2 saturated carbocycles.